The van der Waals surface area contributed by atoms with E-state index in [0.29, 0.717) is 9.97 Å². The summed E-state index contributed by atoms with van der Waals surface area (Å²) in [5.41, 5.74) is 2.15. The van der Waals surface area contributed by atoms with Crippen molar-refractivity contribution in [3.63, 3.8) is 0 Å². The molecule has 7 heteroatoms. The Hall–Kier alpha value is -1.38. The van der Waals surface area contributed by atoms with Crippen molar-refractivity contribution in [2.75, 3.05) is 25.0 Å². The zero-order chi connectivity index (χ0) is 18.1. The Morgan fingerprint density at radius 3 is 2.88 bits per heavy atom. The molecule has 3 aromatic rings. The standard InChI is InChI=1S/C19H21ClIN5/c1-25(18-14-7-9-22-17(14)23-19(20)24-18)16-12-26(10-8-15(16)21)11-13-5-3-2-4-6-13/h2-7,9,15-16H,8,10-12H2,1H3,(H,22,23,24)/t15-,16?/m1/s1. The molecular formula is C19H21ClIN5. The van der Waals surface area contributed by atoms with Crippen LogP contribution in [0.3, 0.4) is 0 Å². The zero-order valence-corrected chi connectivity index (χ0v) is 17.5. The van der Waals surface area contributed by atoms with Crippen molar-refractivity contribution < 1.29 is 0 Å². The van der Waals surface area contributed by atoms with Crippen LogP contribution in [0.2, 0.25) is 5.28 Å². The molecule has 1 aliphatic heterocycles. The summed E-state index contributed by atoms with van der Waals surface area (Å²) in [6.07, 6.45) is 3.05. The molecular weight excluding hydrogens is 461 g/mol. The number of hydrogen-bond acceptors (Lipinski definition) is 4. The van der Waals surface area contributed by atoms with Crippen LogP contribution in [0.25, 0.3) is 11.0 Å². The van der Waals surface area contributed by atoms with Gasteiger partial charge >= 0.3 is 0 Å². The topological polar surface area (TPSA) is 48.1 Å². The second kappa shape index (κ2) is 7.70. The smallest absolute Gasteiger partial charge is 0.226 e. The van der Waals surface area contributed by atoms with E-state index in [4.69, 9.17) is 11.6 Å². The number of rotatable bonds is 4. The number of H-pyrrole nitrogens is 1. The summed E-state index contributed by atoms with van der Waals surface area (Å²) in [4.78, 5) is 16.7. The molecule has 1 saturated heterocycles. The van der Waals surface area contributed by atoms with E-state index in [2.05, 4.69) is 84.7 Å². The number of nitrogens with one attached hydrogen (secondary N) is 1. The number of halogens is 2. The number of benzene rings is 1. The maximum absolute atomic E-state index is 6.15. The molecule has 0 aliphatic carbocycles. The minimum atomic E-state index is 0.281. The van der Waals surface area contributed by atoms with Crippen LogP contribution in [-0.4, -0.2) is 50.0 Å². The number of hydrogen-bond donors (Lipinski definition) is 1. The fraction of sp³-hybridized carbons (Fsp3) is 0.368. The van der Waals surface area contributed by atoms with Gasteiger partial charge in [-0.1, -0.05) is 52.9 Å². The lowest BCUT2D eigenvalue weighted by Crippen LogP contribution is -2.52. The second-order valence-electron chi connectivity index (χ2n) is 6.76. The summed E-state index contributed by atoms with van der Waals surface area (Å²) < 4.78 is 0.562. The zero-order valence-electron chi connectivity index (χ0n) is 14.6. The van der Waals surface area contributed by atoms with Gasteiger partial charge in [0, 0.05) is 30.3 Å². The molecule has 1 aromatic carbocycles. The third-order valence-corrected chi connectivity index (χ3v) is 6.65. The highest BCUT2D eigenvalue weighted by Gasteiger charge is 2.32. The van der Waals surface area contributed by atoms with Gasteiger partial charge in [0.15, 0.2) is 0 Å². The lowest BCUT2D eigenvalue weighted by Gasteiger charge is -2.41. The summed E-state index contributed by atoms with van der Waals surface area (Å²) >= 11 is 8.74. The van der Waals surface area contributed by atoms with E-state index in [-0.39, 0.29) is 5.28 Å². The Labute approximate surface area is 171 Å². The van der Waals surface area contributed by atoms with Crippen molar-refractivity contribution in [1.29, 1.82) is 0 Å². The quantitative estimate of drug-likeness (QED) is 0.346. The van der Waals surface area contributed by atoms with Crippen LogP contribution in [0.15, 0.2) is 42.6 Å². The monoisotopic (exact) mass is 481 g/mol. The average Bonchev–Trinajstić information content (AvgIpc) is 3.11. The summed E-state index contributed by atoms with van der Waals surface area (Å²) in [6, 6.07) is 13.1. The van der Waals surface area contributed by atoms with Crippen molar-refractivity contribution in [3.8, 4) is 0 Å². The third-order valence-electron chi connectivity index (χ3n) is 5.03. The first-order valence-corrected chi connectivity index (χ1v) is 10.4. The number of likely N-dealkylation sites (tertiary alicyclic amines) is 1. The lowest BCUT2D eigenvalue weighted by molar-refractivity contribution is 0.206. The Balaban J connectivity index is 1.57. The molecule has 1 aliphatic rings. The minimum Gasteiger partial charge on any atom is -0.354 e. The van der Waals surface area contributed by atoms with Crippen LogP contribution in [-0.2, 0) is 6.54 Å². The lowest BCUT2D eigenvalue weighted by atomic mass is 10.0. The third kappa shape index (κ3) is 3.68. The van der Waals surface area contributed by atoms with E-state index in [1.54, 1.807) is 0 Å². The molecule has 3 heterocycles. The number of likely N-dealkylation sites (N-methyl/N-ethyl adjacent to an activating group) is 1. The highest BCUT2D eigenvalue weighted by Crippen LogP contribution is 2.30. The fourth-order valence-electron chi connectivity index (χ4n) is 3.64. The molecule has 0 radical (unpaired) electrons. The summed E-state index contributed by atoms with van der Waals surface area (Å²) in [7, 11) is 2.12. The fourth-order valence-corrected chi connectivity index (χ4v) is 4.80. The molecule has 0 amide bonds. The van der Waals surface area contributed by atoms with Gasteiger partial charge in [-0.2, -0.15) is 9.97 Å². The van der Waals surface area contributed by atoms with Crippen LogP contribution in [0.1, 0.15) is 12.0 Å². The van der Waals surface area contributed by atoms with Crippen molar-refractivity contribution in [1.82, 2.24) is 19.9 Å². The number of fused-ring (bicyclic) bond motifs is 1. The van der Waals surface area contributed by atoms with Crippen LogP contribution in [0, 0.1) is 0 Å². The van der Waals surface area contributed by atoms with Crippen LogP contribution in [0.4, 0.5) is 5.82 Å². The largest absolute Gasteiger partial charge is 0.354 e. The van der Waals surface area contributed by atoms with Crippen LogP contribution < -0.4 is 4.90 Å². The highest BCUT2D eigenvalue weighted by atomic mass is 127. The van der Waals surface area contributed by atoms with E-state index in [9.17, 15) is 0 Å². The molecule has 136 valence electrons. The molecule has 4 rings (SSSR count). The number of aromatic amines is 1. The predicted octanol–water partition coefficient (Wildman–Crippen LogP) is 4.13. The van der Waals surface area contributed by atoms with Gasteiger partial charge in [0.2, 0.25) is 5.28 Å². The van der Waals surface area contributed by atoms with Crippen LogP contribution in [0.5, 0.6) is 0 Å². The molecule has 0 spiro atoms. The predicted molar refractivity (Wildman–Crippen MR) is 115 cm³/mol. The molecule has 2 atom stereocenters. The Morgan fingerprint density at radius 2 is 2.08 bits per heavy atom. The minimum absolute atomic E-state index is 0.281. The van der Waals surface area contributed by atoms with Gasteiger partial charge in [-0.05, 0) is 36.2 Å². The molecule has 0 saturated carbocycles. The van der Waals surface area contributed by atoms with E-state index in [1.165, 1.54) is 5.56 Å². The Kier molecular flexibility index (Phi) is 5.33. The summed E-state index contributed by atoms with van der Waals surface area (Å²) in [5, 5.41) is 1.30. The van der Waals surface area contributed by atoms with Gasteiger partial charge in [0.25, 0.3) is 0 Å². The normalized spacial score (nSPS) is 21.2. The summed E-state index contributed by atoms with van der Waals surface area (Å²) in [5.74, 6) is 0.898. The molecule has 1 fully saturated rings. The number of piperidine rings is 1. The first-order valence-electron chi connectivity index (χ1n) is 8.75. The van der Waals surface area contributed by atoms with E-state index in [0.717, 1.165) is 42.9 Å². The van der Waals surface area contributed by atoms with Gasteiger partial charge in [0.05, 0.1) is 11.4 Å². The highest BCUT2D eigenvalue weighted by molar-refractivity contribution is 14.1. The summed E-state index contributed by atoms with van der Waals surface area (Å²) in [6.45, 7) is 3.11. The first-order chi connectivity index (χ1) is 12.6. The number of anilines is 1. The van der Waals surface area contributed by atoms with Gasteiger partial charge in [0.1, 0.15) is 11.5 Å². The Morgan fingerprint density at radius 1 is 1.27 bits per heavy atom. The maximum Gasteiger partial charge on any atom is 0.226 e. The second-order valence-corrected chi connectivity index (χ2v) is 8.70. The van der Waals surface area contributed by atoms with Gasteiger partial charge in [-0.15, -0.1) is 0 Å². The SMILES string of the molecule is CN(c1nc(Cl)nc2[nH]ccc12)C1CN(Cc2ccccc2)CC[C@H]1I. The Bertz CT molecular complexity index is 884. The van der Waals surface area contributed by atoms with Gasteiger partial charge in [-0.3, -0.25) is 4.90 Å². The molecule has 1 N–H and O–H groups in total. The number of nitrogens with zero attached hydrogens (tertiary/aromatic N) is 4. The molecule has 2 aromatic heterocycles. The number of aromatic nitrogens is 3. The van der Waals surface area contributed by atoms with E-state index in [1.807, 2.05) is 12.3 Å². The van der Waals surface area contributed by atoms with Crippen molar-refractivity contribution in [2.45, 2.75) is 22.9 Å². The van der Waals surface area contributed by atoms with Crippen molar-refractivity contribution in [2.24, 2.45) is 0 Å². The molecule has 5 nitrogen and oxygen atoms in total. The van der Waals surface area contributed by atoms with Crippen molar-refractivity contribution in [3.05, 3.63) is 53.4 Å². The van der Waals surface area contributed by atoms with Crippen LogP contribution >= 0.6 is 34.2 Å². The maximum atomic E-state index is 6.15. The van der Waals surface area contributed by atoms with E-state index < -0.39 is 0 Å². The van der Waals surface area contributed by atoms with Crippen molar-refractivity contribution >= 4 is 51.0 Å². The molecule has 26 heavy (non-hydrogen) atoms. The molecule has 0 bridgehead atoms. The first kappa shape index (κ1) is 18.0. The van der Waals surface area contributed by atoms with Gasteiger partial charge < -0.3 is 9.88 Å². The van der Waals surface area contributed by atoms with E-state index >= 15 is 0 Å². The molecule has 1 unspecified atom stereocenters. The van der Waals surface area contributed by atoms with Gasteiger partial charge in [-0.25, -0.2) is 0 Å². The average molecular weight is 482 g/mol. The number of alkyl halides is 1.